The Labute approximate surface area is 119 Å². The average Bonchev–Trinajstić information content (AvgIpc) is 2.47. The second-order valence-electron chi connectivity index (χ2n) is 4.40. The van der Waals surface area contributed by atoms with Crippen LogP contribution in [0.4, 0.5) is 5.82 Å². The van der Waals surface area contributed by atoms with Crippen molar-refractivity contribution in [2.75, 3.05) is 26.1 Å². The highest BCUT2D eigenvalue weighted by molar-refractivity contribution is 5.41. The van der Waals surface area contributed by atoms with E-state index in [1.54, 1.807) is 26.6 Å². The summed E-state index contributed by atoms with van der Waals surface area (Å²) in [5.74, 6) is 2.48. The minimum atomic E-state index is 0.752. The Balaban J connectivity index is 1.99. The van der Waals surface area contributed by atoms with Gasteiger partial charge in [-0.15, -0.1) is 0 Å². The van der Waals surface area contributed by atoms with Crippen molar-refractivity contribution in [1.29, 1.82) is 0 Å². The smallest absolute Gasteiger partial charge is 0.144 e. The summed E-state index contributed by atoms with van der Waals surface area (Å²) in [5.41, 5.74) is 1.99. The molecule has 1 heterocycles. The second-order valence-corrected chi connectivity index (χ2v) is 4.40. The number of anilines is 1. The number of nitrogens with one attached hydrogen (secondary N) is 1. The number of ether oxygens (including phenoxy) is 2. The molecule has 0 spiro atoms. The van der Waals surface area contributed by atoms with Crippen LogP contribution in [0.25, 0.3) is 0 Å². The van der Waals surface area contributed by atoms with E-state index in [0.29, 0.717) is 0 Å². The van der Waals surface area contributed by atoms with Crippen LogP contribution in [0, 0.1) is 6.92 Å². The van der Waals surface area contributed by atoms with Crippen molar-refractivity contribution < 1.29 is 9.47 Å². The van der Waals surface area contributed by atoms with Gasteiger partial charge in [0.25, 0.3) is 0 Å². The number of hydrogen-bond acceptors (Lipinski definition) is 5. The first-order valence-electron chi connectivity index (χ1n) is 6.46. The number of aromatic nitrogens is 2. The van der Waals surface area contributed by atoms with Gasteiger partial charge in [0.2, 0.25) is 0 Å². The Morgan fingerprint density at radius 1 is 1.15 bits per heavy atom. The van der Waals surface area contributed by atoms with Crippen molar-refractivity contribution in [3.05, 3.63) is 41.9 Å². The van der Waals surface area contributed by atoms with Gasteiger partial charge in [-0.2, -0.15) is 0 Å². The first kappa shape index (κ1) is 14.1. The van der Waals surface area contributed by atoms with Gasteiger partial charge in [0.15, 0.2) is 0 Å². The number of aryl methyl sites for hydroxylation is 1. The molecular formula is C15H19N3O2. The molecule has 5 nitrogen and oxygen atoms in total. The molecule has 1 aromatic heterocycles. The van der Waals surface area contributed by atoms with Crippen molar-refractivity contribution in [3.8, 4) is 11.5 Å². The summed E-state index contributed by atoms with van der Waals surface area (Å²) < 4.78 is 10.6. The molecule has 106 valence electrons. The average molecular weight is 273 g/mol. The van der Waals surface area contributed by atoms with Crippen molar-refractivity contribution in [2.45, 2.75) is 13.3 Å². The Morgan fingerprint density at radius 2 is 2.00 bits per heavy atom. The molecule has 0 saturated carbocycles. The maximum atomic E-state index is 5.36. The molecule has 0 aliphatic heterocycles. The van der Waals surface area contributed by atoms with Gasteiger partial charge in [0.1, 0.15) is 17.3 Å². The minimum absolute atomic E-state index is 0.752. The molecule has 1 N–H and O–H groups in total. The van der Waals surface area contributed by atoms with Crippen LogP contribution >= 0.6 is 0 Å². The lowest BCUT2D eigenvalue weighted by molar-refractivity contribution is 0.399. The fraction of sp³-hybridized carbons (Fsp3) is 0.333. The SMILES string of the molecule is COc1ccc(OC)c(CCNc2cncc(C)n2)c1. The van der Waals surface area contributed by atoms with Gasteiger partial charge in [-0.3, -0.25) is 4.98 Å². The lowest BCUT2D eigenvalue weighted by Gasteiger charge is -2.11. The lowest BCUT2D eigenvalue weighted by Crippen LogP contribution is -2.08. The van der Waals surface area contributed by atoms with Crippen LogP contribution in [0.2, 0.25) is 0 Å². The second kappa shape index (κ2) is 6.75. The molecule has 1 aromatic carbocycles. The molecular weight excluding hydrogens is 254 g/mol. The van der Waals surface area contributed by atoms with E-state index in [-0.39, 0.29) is 0 Å². The number of nitrogens with zero attached hydrogens (tertiary/aromatic N) is 2. The zero-order chi connectivity index (χ0) is 14.4. The van der Waals surface area contributed by atoms with Crippen molar-refractivity contribution >= 4 is 5.82 Å². The fourth-order valence-corrected chi connectivity index (χ4v) is 1.95. The molecule has 0 atom stereocenters. The van der Waals surface area contributed by atoms with E-state index in [1.165, 1.54) is 0 Å². The van der Waals surface area contributed by atoms with E-state index >= 15 is 0 Å². The standard InChI is InChI=1S/C15H19N3O2/c1-11-9-16-10-15(18-11)17-7-6-12-8-13(19-2)4-5-14(12)20-3/h4-5,8-10H,6-7H2,1-3H3,(H,17,18). The zero-order valence-corrected chi connectivity index (χ0v) is 12.0. The molecule has 0 bridgehead atoms. The zero-order valence-electron chi connectivity index (χ0n) is 12.0. The third-order valence-corrected chi connectivity index (χ3v) is 2.94. The quantitative estimate of drug-likeness (QED) is 0.876. The van der Waals surface area contributed by atoms with Gasteiger partial charge < -0.3 is 14.8 Å². The largest absolute Gasteiger partial charge is 0.497 e. The molecule has 0 aliphatic carbocycles. The molecule has 0 aliphatic rings. The molecule has 0 fully saturated rings. The molecule has 0 radical (unpaired) electrons. The fourth-order valence-electron chi connectivity index (χ4n) is 1.95. The van der Waals surface area contributed by atoms with E-state index in [4.69, 9.17) is 9.47 Å². The summed E-state index contributed by atoms with van der Waals surface area (Å²) in [5, 5.41) is 3.25. The predicted octanol–water partition coefficient (Wildman–Crippen LogP) is 2.46. The molecule has 0 unspecified atom stereocenters. The Bertz CT molecular complexity index is 573. The van der Waals surface area contributed by atoms with Gasteiger partial charge in [-0.1, -0.05) is 0 Å². The van der Waals surface area contributed by atoms with Crippen molar-refractivity contribution in [1.82, 2.24) is 9.97 Å². The highest BCUT2D eigenvalue weighted by Crippen LogP contribution is 2.24. The molecule has 5 heteroatoms. The molecule has 0 saturated heterocycles. The van der Waals surface area contributed by atoms with E-state index in [9.17, 15) is 0 Å². The summed E-state index contributed by atoms with van der Waals surface area (Å²) in [6, 6.07) is 5.80. The third-order valence-electron chi connectivity index (χ3n) is 2.94. The van der Waals surface area contributed by atoms with E-state index in [1.807, 2.05) is 25.1 Å². The number of methoxy groups -OCH3 is 2. The Hall–Kier alpha value is -2.30. The highest BCUT2D eigenvalue weighted by Gasteiger charge is 2.05. The van der Waals surface area contributed by atoms with Crippen LogP contribution in [0.15, 0.2) is 30.6 Å². The predicted molar refractivity (Wildman–Crippen MR) is 78.5 cm³/mol. The topological polar surface area (TPSA) is 56.3 Å². The Morgan fingerprint density at radius 3 is 2.70 bits per heavy atom. The maximum absolute atomic E-state index is 5.36. The molecule has 2 aromatic rings. The maximum Gasteiger partial charge on any atom is 0.144 e. The summed E-state index contributed by atoms with van der Waals surface area (Å²) in [7, 11) is 3.33. The monoisotopic (exact) mass is 273 g/mol. The number of rotatable bonds is 6. The lowest BCUT2D eigenvalue weighted by atomic mass is 10.1. The first-order chi connectivity index (χ1) is 9.72. The van der Waals surface area contributed by atoms with Crippen LogP contribution < -0.4 is 14.8 Å². The van der Waals surface area contributed by atoms with Gasteiger partial charge in [-0.05, 0) is 37.1 Å². The molecule has 2 rings (SSSR count). The van der Waals surface area contributed by atoms with Crippen LogP contribution in [-0.4, -0.2) is 30.7 Å². The highest BCUT2D eigenvalue weighted by atomic mass is 16.5. The molecule has 20 heavy (non-hydrogen) atoms. The van der Waals surface area contributed by atoms with Crippen LogP contribution in [-0.2, 0) is 6.42 Å². The van der Waals surface area contributed by atoms with E-state index in [0.717, 1.165) is 41.5 Å². The van der Waals surface area contributed by atoms with Crippen LogP contribution in [0.3, 0.4) is 0 Å². The van der Waals surface area contributed by atoms with Gasteiger partial charge in [-0.25, -0.2) is 4.98 Å². The summed E-state index contributed by atoms with van der Waals surface area (Å²) in [6.07, 6.45) is 4.27. The van der Waals surface area contributed by atoms with Gasteiger partial charge in [0, 0.05) is 12.7 Å². The number of hydrogen-bond donors (Lipinski definition) is 1. The van der Waals surface area contributed by atoms with E-state index < -0.39 is 0 Å². The Kier molecular flexibility index (Phi) is 4.76. The normalized spacial score (nSPS) is 10.2. The molecule has 0 amide bonds. The van der Waals surface area contributed by atoms with Crippen molar-refractivity contribution in [2.24, 2.45) is 0 Å². The minimum Gasteiger partial charge on any atom is -0.497 e. The van der Waals surface area contributed by atoms with Crippen LogP contribution in [0.5, 0.6) is 11.5 Å². The van der Waals surface area contributed by atoms with Gasteiger partial charge >= 0.3 is 0 Å². The van der Waals surface area contributed by atoms with Crippen LogP contribution in [0.1, 0.15) is 11.3 Å². The number of benzene rings is 1. The van der Waals surface area contributed by atoms with Crippen molar-refractivity contribution in [3.63, 3.8) is 0 Å². The summed E-state index contributed by atoms with van der Waals surface area (Å²) >= 11 is 0. The third kappa shape index (κ3) is 3.60. The first-order valence-corrected chi connectivity index (χ1v) is 6.46. The van der Waals surface area contributed by atoms with Gasteiger partial charge in [0.05, 0.1) is 26.1 Å². The van der Waals surface area contributed by atoms with E-state index in [2.05, 4.69) is 15.3 Å². The summed E-state index contributed by atoms with van der Waals surface area (Å²) in [4.78, 5) is 8.45. The summed E-state index contributed by atoms with van der Waals surface area (Å²) in [6.45, 7) is 2.67.